The molecular formula is C14H22FN3O2S. The third-order valence-electron chi connectivity index (χ3n) is 3.81. The molecule has 1 aliphatic heterocycles. The number of likely N-dealkylation sites (N-methyl/N-ethyl adjacent to an activating group) is 1. The highest BCUT2D eigenvalue weighted by atomic mass is 32.2. The second kappa shape index (κ2) is 6.83. The molecule has 1 saturated heterocycles. The molecule has 1 atom stereocenters. The number of piperidine rings is 1. The molecule has 3 N–H and O–H groups in total. The van der Waals surface area contributed by atoms with E-state index in [-0.39, 0.29) is 17.5 Å². The number of nitrogens with one attached hydrogen (secondary N) is 1. The zero-order valence-corrected chi connectivity index (χ0v) is 13.0. The maximum Gasteiger partial charge on any atom is 0.241 e. The summed E-state index contributed by atoms with van der Waals surface area (Å²) in [5.41, 5.74) is 5.97. The minimum atomic E-state index is -3.75. The van der Waals surface area contributed by atoms with E-state index in [2.05, 4.69) is 16.5 Å². The molecule has 2 rings (SSSR count). The topological polar surface area (TPSA) is 75.4 Å². The Labute approximate surface area is 125 Å². The van der Waals surface area contributed by atoms with Crippen molar-refractivity contribution in [1.82, 2.24) is 9.62 Å². The maximum absolute atomic E-state index is 13.4. The second-order valence-electron chi connectivity index (χ2n) is 5.31. The first-order chi connectivity index (χ1) is 9.96. The monoisotopic (exact) mass is 315 g/mol. The molecule has 1 aliphatic rings. The van der Waals surface area contributed by atoms with Crippen LogP contribution in [-0.4, -0.2) is 39.0 Å². The van der Waals surface area contributed by atoms with Gasteiger partial charge in [-0.2, -0.15) is 0 Å². The van der Waals surface area contributed by atoms with Gasteiger partial charge >= 0.3 is 0 Å². The minimum absolute atomic E-state index is 0.0568. The van der Waals surface area contributed by atoms with Crippen LogP contribution in [-0.2, 0) is 16.6 Å². The Bertz CT molecular complexity index is 592. The molecule has 118 valence electrons. The molecule has 0 radical (unpaired) electrons. The molecular weight excluding hydrogens is 293 g/mol. The molecule has 1 heterocycles. The average Bonchev–Trinajstić information content (AvgIpc) is 2.47. The van der Waals surface area contributed by atoms with Gasteiger partial charge in [0, 0.05) is 19.1 Å². The summed E-state index contributed by atoms with van der Waals surface area (Å²) < 4.78 is 41.0. The molecule has 1 aromatic rings. The summed E-state index contributed by atoms with van der Waals surface area (Å²) in [5, 5.41) is 0. The van der Waals surface area contributed by atoms with Crippen LogP contribution in [0.1, 0.15) is 25.3 Å². The first-order valence-corrected chi connectivity index (χ1v) is 8.67. The van der Waals surface area contributed by atoms with Crippen molar-refractivity contribution in [2.24, 2.45) is 5.73 Å². The van der Waals surface area contributed by atoms with E-state index in [1.165, 1.54) is 12.1 Å². The fraction of sp³-hybridized carbons (Fsp3) is 0.571. The van der Waals surface area contributed by atoms with Gasteiger partial charge in [0.15, 0.2) is 0 Å². The molecule has 0 saturated carbocycles. The lowest BCUT2D eigenvalue weighted by Gasteiger charge is -2.32. The van der Waals surface area contributed by atoms with Gasteiger partial charge in [0.1, 0.15) is 5.82 Å². The van der Waals surface area contributed by atoms with Gasteiger partial charge in [0.25, 0.3) is 0 Å². The van der Waals surface area contributed by atoms with Gasteiger partial charge in [0.05, 0.1) is 4.90 Å². The Morgan fingerprint density at radius 3 is 2.90 bits per heavy atom. The average molecular weight is 315 g/mol. The number of nitrogens with two attached hydrogens (primary N) is 1. The van der Waals surface area contributed by atoms with Crippen LogP contribution >= 0.6 is 0 Å². The molecule has 0 bridgehead atoms. The fourth-order valence-electron chi connectivity index (χ4n) is 2.67. The van der Waals surface area contributed by atoms with Gasteiger partial charge in [-0.15, -0.1) is 0 Å². The van der Waals surface area contributed by atoms with E-state index in [4.69, 9.17) is 5.73 Å². The van der Waals surface area contributed by atoms with E-state index in [1.54, 1.807) is 0 Å². The number of hydrogen-bond acceptors (Lipinski definition) is 4. The van der Waals surface area contributed by atoms with E-state index in [1.807, 2.05) is 0 Å². The van der Waals surface area contributed by atoms with Crippen molar-refractivity contribution < 1.29 is 12.8 Å². The lowest BCUT2D eigenvalue weighted by molar-refractivity contribution is 0.211. The highest BCUT2D eigenvalue weighted by Gasteiger charge is 2.26. The Morgan fingerprint density at radius 2 is 2.24 bits per heavy atom. The second-order valence-corrected chi connectivity index (χ2v) is 6.99. The summed E-state index contributed by atoms with van der Waals surface area (Å²) in [6.07, 6.45) is 1.75. The van der Waals surface area contributed by atoms with Crippen LogP contribution in [0.15, 0.2) is 23.1 Å². The molecule has 0 aliphatic carbocycles. The van der Waals surface area contributed by atoms with Crippen molar-refractivity contribution in [3.8, 4) is 0 Å². The van der Waals surface area contributed by atoms with Gasteiger partial charge in [-0.3, -0.25) is 0 Å². The van der Waals surface area contributed by atoms with E-state index in [0.717, 1.165) is 32.0 Å². The van der Waals surface area contributed by atoms with E-state index >= 15 is 0 Å². The Balaban J connectivity index is 2.20. The van der Waals surface area contributed by atoms with Crippen LogP contribution in [0.5, 0.6) is 0 Å². The predicted molar refractivity (Wildman–Crippen MR) is 79.7 cm³/mol. The number of benzene rings is 1. The number of sulfonamides is 1. The summed E-state index contributed by atoms with van der Waals surface area (Å²) in [6, 6.07) is 3.53. The van der Waals surface area contributed by atoms with Crippen molar-refractivity contribution in [2.45, 2.75) is 37.2 Å². The Morgan fingerprint density at radius 1 is 1.48 bits per heavy atom. The van der Waals surface area contributed by atoms with Crippen molar-refractivity contribution in [1.29, 1.82) is 0 Å². The summed E-state index contributed by atoms with van der Waals surface area (Å²) >= 11 is 0. The molecule has 0 aromatic heterocycles. The van der Waals surface area contributed by atoms with Crippen LogP contribution in [0.3, 0.4) is 0 Å². The highest BCUT2D eigenvalue weighted by Crippen LogP contribution is 2.19. The van der Waals surface area contributed by atoms with Crippen LogP contribution in [0.25, 0.3) is 0 Å². The smallest absolute Gasteiger partial charge is 0.241 e. The molecule has 0 amide bonds. The summed E-state index contributed by atoms with van der Waals surface area (Å²) in [5.74, 6) is -0.577. The van der Waals surface area contributed by atoms with Gasteiger partial charge in [-0.1, -0.05) is 13.0 Å². The molecule has 21 heavy (non-hydrogen) atoms. The highest BCUT2D eigenvalue weighted by molar-refractivity contribution is 7.89. The zero-order valence-electron chi connectivity index (χ0n) is 12.2. The van der Waals surface area contributed by atoms with Crippen LogP contribution in [0.2, 0.25) is 0 Å². The molecule has 5 nitrogen and oxygen atoms in total. The van der Waals surface area contributed by atoms with Crippen molar-refractivity contribution in [2.75, 3.05) is 19.6 Å². The zero-order chi connectivity index (χ0) is 15.5. The number of rotatable bonds is 5. The van der Waals surface area contributed by atoms with E-state index in [9.17, 15) is 12.8 Å². The fourth-order valence-corrected chi connectivity index (χ4v) is 4.19. The lowest BCUT2D eigenvalue weighted by atomic mass is 10.1. The van der Waals surface area contributed by atoms with Gasteiger partial charge in [-0.25, -0.2) is 17.5 Å². The largest absolute Gasteiger partial charge is 0.326 e. The van der Waals surface area contributed by atoms with Crippen molar-refractivity contribution in [3.05, 3.63) is 29.6 Å². The number of nitrogens with zero attached hydrogens (tertiary/aromatic N) is 1. The minimum Gasteiger partial charge on any atom is -0.326 e. The molecule has 0 spiro atoms. The summed E-state index contributed by atoms with van der Waals surface area (Å²) in [4.78, 5) is 2.14. The summed E-state index contributed by atoms with van der Waals surface area (Å²) in [6.45, 7) is 4.68. The number of likely N-dealkylation sites (tertiary alicyclic amines) is 1. The van der Waals surface area contributed by atoms with Crippen LogP contribution in [0, 0.1) is 5.82 Å². The molecule has 7 heteroatoms. The van der Waals surface area contributed by atoms with Gasteiger partial charge in [0.2, 0.25) is 10.0 Å². The van der Waals surface area contributed by atoms with Gasteiger partial charge in [-0.05, 0) is 43.6 Å². The lowest BCUT2D eigenvalue weighted by Crippen LogP contribution is -2.47. The van der Waals surface area contributed by atoms with Crippen molar-refractivity contribution >= 4 is 10.0 Å². The first kappa shape index (κ1) is 16.4. The third kappa shape index (κ3) is 4.00. The quantitative estimate of drug-likeness (QED) is 0.851. The Kier molecular flexibility index (Phi) is 5.32. The van der Waals surface area contributed by atoms with Crippen molar-refractivity contribution in [3.63, 3.8) is 0 Å². The SMILES string of the molecule is CCN1CCCC(NS(=O)(=O)c2cc(F)ccc2CN)C1. The van der Waals surface area contributed by atoms with E-state index < -0.39 is 15.8 Å². The molecule has 1 fully saturated rings. The molecule has 1 unspecified atom stereocenters. The van der Waals surface area contributed by atoms with Crippen LogP contribution < -0.4 is 10.5 Å². The summed E-state index contributed by atoms with van der Waals surface area (Å²) in [7, 11) is -3.75. The molecule has 1 aromatic carbocycles. The number of halogens is 1. The van der Waals surface area contributed by atoms with E-state index in [0.29, 0.717) is 12.1 Å². The maximum atomic E-state index is 13.4. The predicted octanol–water partition coefficient (Wildman–Crippen LogP) is 1.05. The third-order valence-corrected chi connectivity index (χ3v) is 5.42. The Hall–Kier alpha value is -1.02. The van der Waals surface area contributed by atoms with Gasteiger partial charge < -0.3 is 10.6 Å². The van der Waals surface area contributed by atoms with Crippen LogP contribution in [0.4, 0.5) is 4.39 Å². The normalized spacial score (nSPS) is 20.6. The number of hydrogen-bond donors (Lipinski definition) is 2. The standard InChI is InChI=1S/C14H22FN3O2S/c1-2-18-7-3-4-13(10-18)17-21(19,20)14-8-12(15)6-5-11(14)9-16/h5-6,8,13,17H,2-4,7,9-10,16H2,1H3. The first-order valence-electron chi connectivity index (χ1n) is 7.19.